The van der Waals surface area contributed by atoms with Crippen LogP contribution in [0.25, 0.3) is 0 Å². The minimum Gasteiger partial charge on any atom is -0.374 e. The fourth-order valence-electron chi connectivity index (χ4n) is 2.41. The quantitative estimate of drug-likeness (QED) is 0.834. The van der Waals surface area contributed by atoms with Crippen molar-refractivity contribution >= 4 is 11.6 Å². The second-order valence-corrected chi connectivity index (χ2v) is 5.07. The monoisotopic (exact) mass is 253 g/mol. The molecule has 1 saturated heterocycles. The summed E-state index contributed by atoms with van der Waals surface area (Å²) in [4.78, 5) is 2.16. The third-order valence-electron chi connectivity index (χ3n) is 3.67. The van der Waals surface area contributed by atoms with E-state index in [2.05, 4.69) is 11.8 Å². The van der Waals surface area contributed by atoms with Crippen molar-refractivity contribution in [2.75, 3.05) is 13.1 Å². The van der Waals surface area contributed by atoms with Crippen molar-refractivity contribution in [3.63, 3.8) is 0 Å². The van der Waals surface area contributed by atoms with Crippen LogP contribution in [0.3, 0.4) is 0 Å². The zero-order valence-corrected chi connectivity index (χ0v) is 11.0. The highest BCUT2D eigenvalue weighted by atomic mass is 35.5. The van der Waals surface area contributed by atoms with Crippen LogP contribution in [0.2, 0.25) is 0 Å². The second kappa shape index (κ2) is 5.85. The summed E-state index contributed by atoms with van der Waals surface area (Å²) >= 11 is 5.75. The van der Waals surface area contributed by atoms with E-state index in [0.29, 0.717) is 5.88 Å². The molecule has 0 aromatic heterocycles. The molecule has 0 aliphatic carbocycles. The number of benzene rings is 1. The number of hydrogen-bond donors (Lipinski definition) is 1. The van der Waals surface area contributed by atoms with Crippen molar-refractivity contribution in [2.45, 2.75) is 31.9 Å². The maximum atomic E-state index is 10.3. The van der Waals surface area contributed by atoms with E-state index in [9.17, 15) is 5.11 Å². The number of rotatable bonds is 4. The van der Waals surface area contributed by atoms with Gasteiger partial charge in [-0.3, -0.25) is 4.90 Å². The Labute approximate surface area is 108 Å². The minimum atomic E-state index is -0.462. The lowest BCUT2D eigenvalue weighted by Crippen LogP contribution is -2.26. The highest BCUT2D eigenvalue weighted by Gasteiger charge is 2.26. The second-order valence-electron chi connectivity index (χ2n) is 4.81. The average molecular weight is 254 g/mol. The molecule has 2 unspecified atom stereocenters. The molecule has 1 aliphatic rings. The van der Waals surface area contributed by atoms with Gasteiger partial charge < -0.3 is 5.11 Å². The predicted molar refractivity (Wildman–Crippen MR) is 70.9 cm³/mol. The van der Waals surface area contributed by atoms with Crippen LogP contribution in [0.15, 0.2) is 24.3 Å². The van der Waals surface area contributed by atoms with Crippen LogP contribution < -0.4 is 0 Å². The number of aliphatic hydroxyl groups is 1. The molecular formula is C14H20ClNO. The Morgan fingerprint density at radius 3 is 2.65 bits per heavy atom. The standard InChI is InChI=1S/C14H20ClNO/c1-2-11-7-8-16(10-11)14(17)13-5-3-12(9-15)4-6-13/h3-6,11,14,17H,2,7-10H2,1H3. The molecular weight excluding hydrogens is 234 g/mol. The van der Waals surface area contributed by atoms with Crippen molar-refractivity contribution in [3.8, 4) is 0 Å². The predicted octanol–water partition coefficient (Wildman–Crippen LogP) is 3.15. The van der Waals surface area contributed by atoms with Gasteiger partial charge in [-0.05, 0) is 23.5 Å². The van der Waals surface area contributed by atoms with Crippen molar-refractivity contribution in [1.29, 1.82) is 0 Å². The molecule has 2 rings (SSSR count). The fourth-order valence-corrected chi connectivity index (χ4v) is 2.59. The van der Waals surface area contributed by atoms with Gasteiger partial charge in [-0.2, -0.15) is 0 Å². The average Bonchev–Trinajstić information content (AvgIpc) is 2.87. The van der Waals surface area contributed by atoms with Gasteiger partial charge in [-0.1, -0.05) is 37.6 Å². The summed E-state index contributed by atoms with van der Waals surface area (Å²) in [5.74, 6) is 1.27. The maximum Gasteiger partial charge on any atom is 0.133 e. The van der Waals surface area contributed by atoms with E-state index >= 15 is 0 Å². The topological polar surface area (TPSA) is 23.5 Å². The molecule has 94 valence electrons. The largest absolute Gasteiger partial charge is 0.374 e. The molecule has 2 nitrogen and oxygen atoms in total. The molecule has 1 N–H and O–H groups in total. The van der Waals surface area contributed by atoms with E-state index in [1.165, 1.54) is 12.8 Å². The van der Waals surface area contributed by atoms with E-state index in [1.54, 1.807) is 0 Å². The number of alkyl halides is 1. The molecule has 2 atom stereocenters. The Hall–Kier alpha value is -0.570. The number of hydrogen-bond acceptors (Lipinski definition) is 2. The van der Waals surface area contributed by atoms with Gasteiger partial charge in [0.1, 0.15) is 6.23 Å². The molecule has 0 amide bonds. The zero-order valence-electron chi connectivity index (χ0n) is 10.3. The van der Waals surface area contributed by atoms with Gasteiger partial charge in [0.05, 0.1) is 0 Å². The van der Waals surface area contributed by atoms with Crippen molar-refractivity contribution < 1.29 is 5.11 Å². The summed E-state index contributed by atoms with van der Waals surface area (Å²) < 4.78 is 0. The highest BCUT2D eigenvalue weighted by Crippen LogP contribution is 2.27. The third kappa shape index (κ3) is 3.01. The normalized spacial score (nSPS) is 22.9. The van der Waals surface area contributed by atoms with E-state index in [4.69, 9.17) is 11.6 Å². The Morgan fingerprint density at radius 2 is 2.12 bits per heavy atom. The first-order chi connectivity index (χ1) is 8.24. The summed E-state index contributed by atoms with van der Waals surface area (Å²) in [5, 5.41) is 10.3. The van der Waals surface area contributed by atoms with Crippen LogP contribution in [0.1, 0.15) is 37.1 Å². The van der Waals surface area contributed by atoms with Gasteiger partial charge in [-0.15, -0.1) is 11.6 Å². The minimum absolute atomic E-state index is 0.462. The Kier molecular flexibility index (Phi) is 4.43. The fraction of sp³-hybridized carbons (Fsp3) is 0.571. The van der Waals surface area contributed by atoms with Crippen molar-refractivity contribution in [2.24, 2.45) is 5.92 Å². The molecule has 1 fully saturated rings. The lowest BCUT2D eigenvalue weighted by molar-refractivity contribution is 0.0162. The van der Waals surface area contributed by atoms with Gasteiger partial charge in [0, 0.05) is 19.0 Å². The van der Waals surface area contributed by atoms with Gasteiger partial charge in [0.15, 0.2) is 0 Å². The van der Waals surface area contributed by atoms with E-state index in [1.807, 2.05) is 24.3 Å². The Morgan fingerprint density at radius 1 is 1.41 bits per heavy atom. The molecule has 0 saturated carbocycles. The number of halogens is 1. The molecule has 1 aromatic carbocycles. The highest BCUT2D eigenvalue weighted by molar-refractivity contribution is 6.17. The summed E-state index contributed by atoms with van der Waals surface area (Å²) in [5.41, 5.74) is 2.06. The van der Waals surface area contributed by atoms with Crippen LogP contribution in [-0.2, 0) is 5.88 Å². The molecule has 1 aromatic rings. The zero-order chi connectivity index (χ0) is 12.3. The maximum absolute atomic E-state index is 10.3. The molecule has 0 spiro atoms. The van der Waals surface area contributed by atoms with Crippen LogP contribution in [0.4, 0.5) is 0 Å². The van der Waals surface area contributed by atoms with Gasteiger partial charge in [-0.25, -0.2) is 0 Å². The SMILES string of the molecule is CCC1CCN(C(O)c2ccc(CCl)cc2)C1. The van der Waals surface area contributed by atoms with Crippen molar-refractivity contribution in [1.82, 2.24) is 4.90 Å². The first-order valence-electron chi connectivity index (χ1n) is 6.31. The van der Waals surface area contributed by atoms with Gasteiger partial charge >= 0.3 is 0 Å². The summed E-state index contributed by atoms with van der Waals surface area (Å²) in [6.07, 6.45) is 1.94. The van der Waals surface area contributed by atoms with Crippen LogP contribution >= 0.6 is 11.6 Å². The third-order valence-corrected chi connectivity index (χ3v) is 3.98. The molecule has 17 heavy (non-hydrogen) atoms. The van der Waals surface area contributed by atoms with E-state index < -0.39 is 6.23 Å². The number of likely N-dealkylation sites (tertiary alicyclic amines) is 1. The summed E-state index contributed by atoms with van der Waals surface area (Å²) in [7, 11) is 0. The first-order valence-corrected chi connectivity index (χ1v) is 6.85. The first kappa shape index (κ1) is 12.9. The summed E-state index contributed by atoms with van der Waals surface area (Å²) in [6.45, 7) is 4.22. The van der Waals surface area contributed by atoms with E-state index in [0.717, 1.165) is 30.1 Å². The Balaban J connectivity index is 2.01. The van der Waals surface area contributed by atoms with Crippen LogP contribution in [-0.4, -0.2) is 23.1 Å². The Bertz CT molecular complexity index is 352. The van der Waals surface area contributed by atoms with Crippen molar-refractivity contribution in [3.05, 3.63) is 35.4 Å². The van der Waals surface area contributed by atoms with Crippen LogP contribution in [0.5, 0.6) is 0 Å². The lowest BCUT2D eigenvalue weighted by Gasteiger charge is -2.23. The van der Waals surface area contributed by atoms with Crippen LogP contribution in [0, 0.1) is 5.92 Å². The summed E-state index contributed by atoms with van der Waals surface area (Å²) in [6, 6.07) is 7.92. The van der Waals surface area contributed by atoms with E-state index in [-0.39, 0.29) is 0 Å². The number of nitrogens with zero attached hydrogens (tertiary/aromatic N) is 1. The number of aliphatic hydroxyl groups excluding tert-OH is 1. The van der Waals surface area contributed by atoms with Gasteiger partial charge in [0.25, 0.3) is 0 Å². The molecule has 3 heteroatoms. The molecule has 1 heterocycles. The molecule has 0 radical (unpaired) electrons. The van der Waals surface area contributed by atoms with Gasteiger partial charge in [0.2, 0.25) is 0 Å². The molecule has 1 aliphatic heterocycles. The smallest absolute Gasteiger partial charge is 0.133 e. The lowest BCUT2D eigenvalue weighted by atomic mass is 10.1. The molecule has 0 bridgehead atoms.